The molecular formula is C22H13Cl2F2NO. The van der Waals surface area contributed by atoms with Gasteiger partial charge < -0.3 is 4.74 Å². The van der Waals surface area contributed by atoms with Crippen molar-refractivity contribution in [2.75, 3.05) is 0 Å². The van der Waals surface area contributed by atoms with E-state index in [-0.39, 0.29) is 39.4 Å². The van der Waals surface area contributed by atoms with Crippen LogP contribution < -0.4 is 4.74 Å². The van der Waals surface area contributed by atoms with Crippen molar-refractivity contribution in [3.8, 4) is 11.8 Å². The van der Waals surface area contributed by atoms with Gasteiger partial charge in [0.05, 0.1) is 21.7 Å². The van der Waals surface area contributed by atoms with Gasteiger partial charge in [0.2, 0.25) is 0 Å². The highest BCUT2D eigenvalue weighted by Gasteiger charge is 2.12. The van der Waals surface area contributed by atoms with E-state index in [1.54, 1.807) is 36.4 Å². The van der Waals surface area contributed by atoms with Gasteiger partial charge in [-0.15, -0.1) is 0 Å². The van der Waals surface area contributed by atoms with Crippen molar-refractivity contribution in [1.29, 1.82) is 5.26 Å². The molecule has 6 heteroatoms. The lowest BCUT2D eigenvalue weighted by Crippen LogP contribution is -1.97. The van der Waals surface area contributed by atoms with Crippen molar-refractivity contribution >= 4 is 34.9 Å². The Morgan fingerprint density at radius 1 is 1.00 bits per heavy atom. The number of hydrogen-bond donors (Lipinski definition) is 0. The van der Waals surface area contributed by atoms with Crippen molar-refractivity contribution < 1.29 is 13.5 Å². The highest BCUT2D eigenvalue weighted by molar-refractivity contribution is 6.37. The molecule has 0 bridgehead atoms. The fourth-order valence-corrected chi connectivity index (χ4v) is 3.21. The number of benzene rings is 3. The fraction of sp³-hybridized carbons (Fsp3) is 0.0455. The SMILES string of the molecule is N#C/C(=C/c1cc(Cl)c(OCc2cccc(F)c2)c(Cl)c1)c1ccccc1F. The fourth-order valence-electron chi connectivity index (χ4n) is 2.60. The lowest BCUT2D eigenvalue weighted by molar-refractivity contribution is 0.306. The second kappa shape index (κ2) is 8.88. The summed E-state index contributed by atoms with van der Waals surface area (Å²) < 4.78 is 32.8. The molecule has 3 aromatic carbocycles. The molecular weight excluding hydrogens is 403 g/mol. The third-order valence-corrected chi connectivity index (χ3v) is 4.45. The van der Waals surface area contributed by atoms with Crippen LogP contribution in [0.2, 0.25) is 10.0 Å². The normalized spacial score (nSPS) is 11.2. The Balaban J connectivity index is 1.87. The number of allylic oxidation sites excluding steroid dienone is 1. The van der Waals surface area contributed by atoms with Crippen molar-refractivity contribution in [1.82, 2.24) is 0 Å². The first kappa shape index (κ1) is 19.9. The minimum absolute atomic E-state index is 0.0884. The quantitative estimate of drug-likeness (QED) is 0.334. The predicted octanol–water partition coefficient (Wildman–Crippen LogP) is 6.91. The van der Waals surface area contributed by atoms with E-state index in [0.717, 1.165) is 0 Å². The molecule has 0 aliphatic rings. The molecule has 0 saturated heterocycles. The van der Waals surface area contributed by atoms with Gasteiger partial charge in [-0.2, -0.15) is 5.26 Å². The van der Waals surface area contributed by atoms with Crippen molar-refractivity contribution in [3.63, 3.8) is 0 Å². The summed E-state index contributed by atoms with van der Waals surface area (Å²) in [4.78, 5) is 0. The zero-order chi connectivity index (χ0) is 20.1. The summed E-state index contributed by atoms with van der Waals surface area (Å²) in [5, 5.41) is 9.83. The second-order valence-electron chi connectivity index (χ2n) is 5.88. The van der Waals surface area contributed by atoms with E-state index in [1.807, 2.05) is 6.07 Å². The summed E-state index contributed by atoms with van der Waals surface area (Å²) in [6, 6.07) is 17.1. The van der Waals surface area contributed by atoms with Crippen LogP contribution in [0.5, 0.6) is 5.75 Å². The Morgan fingerprint density at radius 2 is 1.71 bits per heavy atom. The van der Waals surface area contributed by atoms with E-state index in [1.165, 1.54) is 30.3 Å². The van der Waals surface area contributed by atoms with Gasteiger partial charge in [-0.05, 0) is 47.5 Å². The highest BCUT2D eigenvalue weighted by Crippen LogP contribution is 2.36. The lowest BCUT2D eigenvalue weighted by atomic mass is 10.0. The lowest BCUT2D eigenvalue weighted by Gasteiger charge is -2.11. The minimum atomic E-state index is -0.498. The third-order valence-electron chi connectivity index (χ3n) is 3.89. The average Bonchev–Trinajstić information content (AvgIpc) is 2.66. The second-order valence-corrected chi connectivity index (χ2v) is 6.70. The summed E-state index contributed by atoms with van der Waals surface area (Å²) >= 11 is 12.5. The molecule has 0 heterocycles. The molecule has 0 aliphatic heterocycles. The molecule has 2 nitrogen and oxygen atoms in total. The molecule has 0 aliphatic carbocycles. The van der Waals surface area contributed by atoms with Crippen LogP contribution in [0.25, 0.3) is 11.6 Å². The highest BCUT2D eigenvalue weighted by atomic mass is 35.5. The Bertz CT molecular complexity index is 1070. The molecule has 0 spiro atoms. The maximum absolute atomic E-state index is 14.0. The topological polar surface area (TPSA) is 33.0 Å². The Hall–Kier alpha value is -2.87. The summed E-state index contributed by atoms with van der Waals surface area (Å²) in [6.45, 7) is 0.0884. The summed E-state index contributed by atoms with van der Waals surface area (Å²) in [5.74, 6) is -0.618. The van der Waals surface area contributed by atoms with Crippen LogP contribution in [-0.4, -0.2) is 0 Å². The number of nitriles is 1. The first-order valence-electron chi connectivity index (χ1n) is 8.21. The number of ether oxygens (including phenoxy) is 1. The van der Waals surface area contributed by atoms with Gasteiger partial charge in [-0.1, -0.05) is 53.5 Å². The van der Waals surface area contributed by atoms with Crippen LogP contribution in [0.15, 0.2) is 60.7 Å². The number of nitrogens with zero attached hydrogens (tertiary/aromatic N) is 1. The zero-order valence-electron chi connectivity index (χ0n) is 14.4. The van der Waals surface area contributed by atoms with Crippen molar-refractivity contribution in [2.24, 2.45) is 0 Å². The van der Waals surface area contributed by atoms with Crippen LogP contribution in [0.4, 0.5) is 8.78 Å². The van der Waals surface area contributed by atoms with Gasteiger partial charge in [-0.3, -0.25) is 0 Å². The number of hydrogen-bond acceptors (Lipinski definition) is 2. The summed E-state index contributed by atoms with van der Waals surface area (Å²) in [6.07, 6.45) is 1.49. The number of halogens is 4. The van der Waals surface area contributed by atoms with Gasteiger partial charge >= 0.3 is 0 Å². The van der Waals surface area contributed by atoms with E-state index in [9.17, 15) is 14.0 Å². The van der Waals surface area contributed by atoms with Crippen LogP contribution >= 0.6 is 23.2 Å². The molecule has 0 atom stereocenters. The van der Waals surface area contributed by atoms with E-state index < -0.39 is 5.82 Å². The van der Waals surface area contributed by atoms with Gasteiger partial charge in [-0.25, -0.2) is 8.78 Å². The van der Waals surface area contributed by atoms with Crippen LogP contribution in [0, 0.1) is 23.0 Å². The predicted molar refractivity (Wildman–Crippen MR) is 107 cm³/mol. The van der Waals surface area contributed by atoms with E-state index in [2.05, 4.69) is 0 Å². The van der Waals surface area contributed by atoms with Crippen molar-refractivity contribution in [3.05, 3.63) is 99.0 Å². The molecule has 28 heavy (non-hydrogen) atoms. The molecule has 0 radical (unpaired) electrons. The monoisotopic (exact) mass is 415 g/mol. The third kappa shape index (κ3) is 4.69. The average molecular weight is 416 g/mol. The van der Waals surface area contributed by atoms with Gasteiger partial charge in [0.15, 0.2) is 5.75 Å². The molecule has 0 fully saturated rings. The zero-order valence-corrected chi connectivity index (χ0v) is 15.9. The molecule has 3 rings (SSSR count). The molecule has 0 unspecified atom stereocenters. The van der Waals surface area contributed by atoms with E-state index in [0.29, 0.717) is 11.1 Å². The summed E-state index contributed by atoms with van der Waals surface area (Å²) in [5.41, 5.74) is 1.47. The first-order chi connectivity index (χ1) is 13.5. The summed E-state index contributed by atoms with van der Waals surface area (Å²) in [7, 11) is 0. The standard InChI is InChI=1S/C22H13Cl2F2NO/c23-19-10-15(8-16(12-27)18-6-1-2-7-21(18)26)11-20(24)22(19)28-13-14-4-3-5-17(25)9-14/h1-11H,13H2/b16-8-. The Kier molecular flexibility index (Phi) is 6.30. The van der Waals surface area contributed by atoms with E-state index >= 15 is 0 Å². The van der Waals surface area contributed by atoms with E-state index in [4.69, 9.17) is 27.9 Å². The molecule has 0 amide bonds. The maximum Gasteiger partial charge on any atom is 0.157 e. The molecule has 0 aromatic heterocycles. The molecule has 140 valence electrons. The van der Waals surface area contributed by atoms with Crippen LogP contribution in [0.3, 0.4) is 0 Å². The molecule has 0 N–H and O–H groups in total. The number of rotatable bonds is 5. The maximum atomic E-state index is 14.0. The minimum Gasteiger partial charge on any atom is -0.486 e. The van der Waals surface area contributed by atoms with Crippen LogP contribution in [0.1, 0.15) is 16.7 Å². The van der Waals surface area contributed by atoms with Crippen LogP contribution in [-0.2, 0) is 6.61 Å². The van der Waals surface area contributed by atoms with Gasteiger partial charge in [0.1, 0.15) is 18.2 Å². The Morgan fingerprint density at radius 3 is 2.36 bits per heavy atom. The Labute approximate surface area is 171 Å². The van der Waals surface area contributed by atoms with Gasteiger partial charge in [0, 0.05) is 5.56 Å². The molecule has 3 aromatic rings. The van der Waals surface area contributed by atoms with Gasteiger partial charge in [0.25, 0.3) is 0 Å². The molecule has 0 saturated carbocycles. The largest absolute Gasteiger partial charge is 0.486 e. The first-order valence-corrected chi connectivity index (χ1v) is 8.96. The smallest absolute Gasteiger partial charge is 0.157 e. The van der Waals surface area contributed by atoms with Crippen molar-refractivity contribution in [2.45, 2.75) is 6.61 Å².